The molecular weight excluding hydrogens is 228 g/mol. The van der Waals surface area contributed by atoms with E-state index in [4.69, 9.17) is 4.74 Å². The van der Waals surface area contributed by atoms with Crippen LogP contribution in [0.3, 0.4) is 0 Å². The molecule has 0 saturated carbocycles. The lowest BCUT2D eigenvalue weighted by Gasteiger charge is -2.06. The topological polar surface area (TPSA) is 35.5 Å². The van der Waals surface area contributed by atoms with Crippen molar-refractivity contribution in [2.24, 2.45) is 0 Å². The van der Waals surface area contributed by atoms with Gasteiger partial charge in [0.1, 0.15) is 0 Å². The van der Waals surface area contributed by atoms with Crippen LogP contribution in [0.1, 0.15) is 5.56 Å². The van der Waals surface area contributed by atoms with Crippen molar-refractivity contribution in [1.29, 1.82) is 0 Å². The van der Waals surface area contributed by atoms with Crippen LogP contribution in [0, 0.1) is 0 Å². The second-order valence-electron chi connectivity index (χ2n) is 3.77. The van der Waals surface area contributed by atoms with Gasteiger partial charge in [0.15, 0.2) is 0 Å². The van der Waals surface area contributed by atoms with Gasteiger partial charge in [-0.2, -0.15) is 0 Å². The molecule has 0 amide bonds. The van der Waals surface area contributed by atoms with Crippen LogP contribution in [0.4, 0.5) is 0 Å². The number of hydrogen-bond acceptors (Lipinski definition) is 3. The van der Waals surface area contributed by atoms with Crippen LogP contribution >= 0.6 is 0 Å². The third-order valence-corrected chi connectivity index (χ3v) is 2.72. The van der Waals surface area contributed by atoms with Gasteiger partial charge in [0.05, 0.1) is 14.2 Å². The maximum Gasteiger partial charge on any atom is 0.373 e. The predicted molar refractivity (Wildman–Crippen MR) is 71.0 cm³/mol. The van der Waals surface area contributed by atoms with Crippen LogP contribution in [0.2, 0.25) is 0 Å². The van der Waals surface area contributed by atoms with Gasteiger partial charge in [-0.15, -0.1) is 0 Å². The number of hydrogen-bond donors (Lipinski definition) is 0. The molecule has 0 fully saturated rings. The molecule has 18 heavy (non-hydrogen) atoms. The lowest BCUT2D eigenvalue weighted by atomic mass is 10.0. The highest BCUT2D eigenvalue weighted by molar-refractivity contribution is 5.96. The minimum atomic E-state index is -0.481. The van der Waals surface area contributed by atoms with Crippen LogP contribution in [0.25, 0.3) is 16.8 Å². The van der Waals surface area contributed by atoms with E-state index in [2.05, 4.69) is 4.74 Å². The maximum atomic E-state index is 11.5. The van der Waals surface area contributed by atoms with Gasteiger partial charge in [0, 0.05) is 0 Å². The van der Waals surface area contributed by atoms with Crippen LogP contribution in [-0.2, 0) is 14.3 Å². The Kier molecular flexibility index (Phi) is 3.63. The Bertz CT molecular complexity index is 594. The molecule has 3 nitrogen and oxygen atoms in total. The van der Waals surface area contributed by atoms with Crippen LogP contribution in [-0.4, -0.2) is 20.2 Å². The van der Waals surface area contributed by atoms with Gasteiger partial charge in [-0.25, -0.2) is 4.79 Å². The molecular formula is C15H14O3. The number of ether oxygens (including phenoxy) is 2. The van der Waals surface area contributed by atoms with Crippen molar-refractivity contribution in [3.05, 3.63) is 53.8 Å². The monoisotopic (exact) mass is 242 g/mol. The Balaban J connectivity index is 2.54. The minimum absolute atomic E-state index is 0.189. The molecule has 0 aliphatic rings. The molecule has 0 bridgehead atoms. The van der Waals surface area contributed by atoms with Crippen molar-refractivity contribution < 1.29 is 14.3 Å². The highest BCUT2D eigenvalue weighted by atomic mass is 16.6. The summed E-state index contributed by atoms with van der Waals surface area (Å²) in [5.41, 5.74) is 0.926. The lowest BCUT2D eigenvalue weighted by Crippen LogP contribution is -2.06. The number of carbonyl (C=O) groups is 1. The van der Waals surface area contributed by atoms with Crippen LogP contribution in [0.5, 0.6) is 0 Å². The van der Waals surface area contributed by atoms with Gasteiger partial charge in [-0.1, -0.05) is 42.5 Å². The third-order valence-electron chi connectivity index (χ3n) is 2.72. The lowest BCUT2D eigenvalue weighted by molar-refractivity contribution is -0.139. The zero-order valence-corrected chi connectivity index (χ0v) is 10.3. The smallest absolute Gasteiger partial charge is 0.373 e. The summed E-state index contributed by atoms with van der Waals surface area (Å²) in [6.07, 6.45) is 1.69. The molecule has 2 aromatic carbocycles. The van der Waals surface area contributed by atoms with E-state index >= 15 is 0 Å². The van der Waals surface area contributed by atoms with Gasteiger partial charge < -0.3 is 9.47 Å². The van der Waals surface area contributed by atoms with Crippen molar-refractivity contribution in [3.63, 3.8) is 0 Å². The van der Waals surface area contributed by atoms with Crippen LogP contribution < -0.4 is 0 Å². The van der Waals surface area contributed by atoms with E-state index in [0.717, 1.165) is 16.3 Å². The van der Waals surface area contributed by atoms with Crippen molar-refractivity contribution >= 4 is 22.8 Å². The number of methoxy groups -OCH3 is 2. The zero-order valence-electron chi connectivity index (χ0n) is 10.3. The van der Waals surface area contributed by atoms with Gasteiger partial charge in [0.25, 0.3) is 0 Å². The molecule has 0 heterocycles. The molecule has 3 heteroatoms. The normalized spacial score (nSPS) is 11.3. The molecule has 92 valence electrons. The molecule has 0 radical (unpaired) electrons. The summed E-state index contributed by atoms with van der Waals surface area (Å²) in [7, 11) is 2.78. The van der Waals surface area contributed by atoms with E-state index in [9.17, 15) is 4.79 Å². The summed E-state index contributed by atoms with van der Waals surface area (Å²) >= 11 is 0. The van der Waals surface area contributed by atoms with Crippen molar-refractivity contribution in [2.75, 3.05) is 14.2 Å². The van der Waals surface area contributed by atoms with E-state index in [1.807, 2.05) is 42.5 Å². The molecule has 0 aromatic heterocycles. The van der Waals surface area contributed by atoms with E-state index in [0.29, 0.717) is 0 Å². The van der Waals surface area contributed by atoms with E-state index in [1.54, 1.807) is 6.08 Å². The first-order valence-corrected chi connectivity index (χ1v) is 5.58. The molecule has 0 aliphatic heterocycles. The Morgan fingerprint density at radius 1 is 1.00 bits per heavy atom. The molecule has 0 N–H and O–H groups in total. The summed E-state index contributed by atoms with van der Waals surface area (Å²) in [6, 6.07) is 13.9. The number of benzene rings is 2. The summed E-state index contributed by atoms with van der Waals surface area (Å²) in [5.74, 6) is -0.292. The summed E-state index contributed by atoms with van der Waals surface area (Å²) in [5, 5.41) is 2.19. The molecule has 0 unspecified atom stereocenters. The molecule has 0 aliphatic carbocycles. The van der Waals surface area contributed by atoms with Crippen molar-refractivity contribution in [2.45, 2.75) is 0 Å². The number of carbonyl (C=O) groups excluding carboxylic acids is 1. The SMILES string of the molecule is COC(=O)/C(=C/c1cccc2ccccc12)OC. The third kappa shape index (κ3) is 2.35. The minimum Gasteiger partial charge on any atom is -0.490 e. The Morgan fingerprint density at radius 2 is 1.72 bits per heavy atom. The maximum absolute atomic E-state index is 11.5. The standard InChI is InChI=1S/C15H14O3/c1-17-14(15(16)18-2)10-12-8-5-7-11-6-3-4-9-13(11)12/h3-10H,1-2H3/b14-10-. The second kappa shape index (κ2) is 5.36. The highest BCUT2D eigenvalue weighted by Gasteiger charge is 2.10. The molecule has 0 spiro atoms. The zero-order chi connectivity index (χ0) is 13.0. The van der Waals surface area contributed by atoms with Crippen LogP contribution in [0.15, 0.2) is 48.2 Å². The number of fused-ring (bicyclic) bond motifs is 1. The Labute approximate surface area is 106 Å². The highest BCUT2D eigenvalue weighted by Crippen LogP contribution is 2.21. The first-order chi connectivity index (χ1) is 8.76. The fourth-order valence-electron chi connectivity index (χ4n) is 1.82. The quantitative estimate of drug-likeness (QED) is 0.471. The average Bonchev–Trinajstić information content (AvgIpc) is 2.44. The fourth-order valence-corrected chi connectivity index (χ4v) is 1.82. The van der Waals surface area contributed by atoms with Crippen molar-refractivity contribution in [3.8, 4) is 0 Å². The Morgan fingerprint density at radius 3 is 2.44 bits per heavy atom. The average molecular weight is 242 g/mol. The van der Waals surface area contributed by atoms with E-state index in [1.165, 1.54) is 14.2 Å². The molecule has 0 atom stereocenters. The van der Waals surface area contributed by atoms with Gasteiger partial charge in [0.2, 0.25) is 5.76 Å². The predicted octanol–water partition coefficient (Wildman–Crippen LogP) is 3.00. The van der Waals surface area contributed by atoms with E-state index in [-0.39, 0.29) is 5.76 Å². The van der Waals surface area contributed by atoms with E-state index < -0.39 is 5.97 Å². The summed E-state index contributed by atoms with van der Waals surface area (Å²) in [4.78, 5) is 11.5. The second-order valence-corrected chi connectivity index (χ2v) is 3.77. The summed E-state index contributed by atoms with van der Waals surface area (Å²) in [6.45, 7) is 0. The Hall–Kier alpha value is -2.29. The first-order valence-electron chi connectivity index (χ1n) is 5.58. The molecule has 2 rings (SSSR count). The molecule has 0 saturated heterocycles. The largest absolute Gasteiger partial charge is 0.490 e. The molecule has 2 aromatic rings. The first kappa shape index (κ1) is 12.2. The van der Waals surface area contributed by atoms with Gasteiger partial charge >= 0.3 is 5.97 Å². The number of rotatable bonds is 3. The van der Waals surface area contributed by atoms with Gasteiger partial charge in [-0.05, 0) is 22.4 Å². The van der Waals surface area contributed by atoms with Gasteiger partial charge in [-0.3, -0.25) is 0 Å². The van der Waals surface area contributed by atoms with Crippen molar-refractivity contribution in [1.82, 2.24) is 0 Å². The fraction of sp³-hybridized carbons (Fsp3) is 0.133. The number of esters is 1. The summed E-state index contributed by atoms with van der Waals surface area (Å²) < 4.78 is 9.70.